The maximum Gasteiger partial charge on any atom is 0.253 e. The SMILES string of the molecule is CN(C[C@@]12CC[C@@]3(O1)[C@H]1Cc4ccc(O)cc4[C@@]3(CCN1CC1CC1)C2)C(=O)c1ccccc1. The van der Waals surface area contributed by atoms with Crippen LogP contribution in [0.25, 0.3) is 0 Å². The molecule has 178 valence electrons. The van der Waals surface area contributed by atoms with Gasteiger partial charge in [0.15, 0.2) is 0 Å². The van der Waals surface area contributed by atoms with Crippen LogP contribution in [0, 0.1) is 5.92 Å². The van der Waals surface area contributed by atoms with Gasteiger partial charge in [-0.25, -0.2) is 0 Å². The van der Waals surface area contributed by atoms with Crippen molar-refractivity contribution in [2.24, 2.45) is 5.92 Å². The van der Waals surface area contributed by atoms with Crippen LogP contribution in [0.15, 0.2) is 48.5 Å². The monoisotopic (exact) mass is 458 g/mol. The zero-order chi connectivity index (χ0) is 23.1. The Labute approximate surface area is 201 Å². The number of ether oxygens (including phenoxy) is 1. The molecule has 0 unspecified atom stereocenters. The van der Waals surface area contributed by atoms with Gasteiger partial charge in [-0.05, 0) is 92.8 Å². The Kier molecular flexibility index (Phi) is 4.36. The van der Waals surface area contributed by atoms with Gasteiger partial charge >= 0.3 is 0 Å². The van der Waals surface area contributed by atoms with Crippen molar-refractivity contribution >= 4 is 5.91 Å². The van der Waals surface area contributed by atoms with Crippen LogP contribution in [0.3, 0.4) is 0 Å². The summed E-state index contributed by atoms with van der Waals surface area (Å²) in [4.78, 5) is 17.8. The third-order valence-corrected chi connectivity index (χ3v) is 9.69. The lowest BCUT2D eigenvalue weighted by Crippen LogP contribution is -2.69. The Hall–Kier alpha value is -2.37. The van der Waals surface area contributed by atoms with Crippen molar-refractivity contribution < 1.29 is 14.6 Å². The molecule has 1 spiro atoms. The lowest BCUT2D eigenvalue weighted by molar-refractivity contribution is -0.141. The number of hydrogen-bond acceptors (Lipinski definition) is 4. The highest BCUT2D eigenvalue weighted by Gasteiger charge is 2.75. The Morgan fingerprint density at radius 3 is 2.76 bits per heavy atom. The molecule has 1 saturated carbocycles. The molecule has 0 radical (unpaired) electrons. The summed E-state index contributed by atoms with van der Waals surface area (Å²) in [5, 5.41) is 10.5. The number of amides is 1. The number of phenolic OH excluding ortho intramolecular Hbond substituents is 1. The summed E-state index contributed by atoms with van der Waals surface area (Å²) < 4.78 is 7.28. The first-order valence-electron chi connectivity index (χ1n) is 13.0. The fourth-order valence-corrected chi connectivity index (χ4v) is 8.17. The van der Waals surface area contributed by atoms with Gasteiger partial charge in [-0.1, -0.05) is 24.3 Å². The predicted molar refractivity (Wildman–Crippen MR) is 130 cm³/mol. The number of nitrogens with zero attached hydrogens (tertiary/aromatic N) is 2. The molecule has 3 saturated heterocycles. The maximum absolute atomic E-state index is 13.2. The van der Waals surface area contributed by atoms with E-state index in [2.05, 4.69) is 11.0 Å². The van der Waals surface area contributed by atoms with Crippen molar-refractivity contribution in [3.05, 3.63) is 65.2 Å². The van der Waals surface area contributed by atoms with Gasteiger partial charge in [0.2, 0.25) is 0 Å². The van der Waals surface area contributed by atoms with Gasteiger partial charge < -0.3 is 14.7 Å². The average Bonchev–Trinajstić information content (AvgIpc) is 3.51. The third kappa shape index (κ3) is 2.83. The smallest absolute Gasteiger partial charge is 0.253 e. The van der Waals surface area contributed by atoms with Crippen LogP contribution in [0.2, 0.25) is 0 Å². The first kappa shape index (κ1) is 21.0. The zero-order valence-electron chi connectivity index (χ0n) is 20.0. The molecule has 5 heteroatoms. The molecule has 3 heterocycles. The van der Waals surface area contributed by atoms with E-state index in [1.54, 1.807) is 0 Å². The standard InChI is InChI=1S/C29H34N2O3/c1-30(26(33)21-5-3-2-4-6-21)19-27-11-12-29(34-27)25-15-22-9-10-23(32)16-24(22)28(29,18-27)13-14-31(25)17-20-7-8-20/h2-6,9-10,16,20,25,32H,7-8,11-15,17-19H2,1H3/t25-,27+,28-,29-/m1/s1. The molecule has 0 aromatic heterocycles. The number of benzene rings is 2. The van der Waals surface area contributed by atoms with Gasteiger partial charge in [0.05, 0.1) is 11.2 Å². The molecule has 34 heavy (non-hydrogen) atoms. The molecular weight excluding hydrogens is 424 g/mol. The summed E-state index contributed by atoms with van der Waals surface area (Å²) in [5.41, 5.74) is 2.83. The molecule has 2 aliphatic carbocycles. The van der Waals surface area contributed by atoms with Crippen LogP contribution in [-0.2, 0) is 16.6 Å². The molecule has 1 amide bonds. The second-order valence-electron chi connectivity index (χ2n) is 11.7. The third-order valence-electron chi connectivity index (χ3n) is 9.69. The molecule has 4 fully saturated rings. The number of carbonyl (C=O) groups excluding carboxylic acids is 1. The summed E-state index contributed by atoms with van der Waals surface area (Å²) in [6.07, 6.45) is 7.79. The summed E-state index contributed by atoms with van der Waals surface area (Å²) >= 11 is 0. The van der Waals surface area contributed by atoms with Crippen LogP contribution < -0.4 is 0 Å². The maximum atomic E-state index is 13.2. The van der Waals surface area contributed by atoms with Crippen LogP contribution >= 0.6 is 0 Å². The first-order valence-corrected chi connectivity index (χ1v) is 13.0. The largest absolute Gasteiger partial charge is 0.508 e. The van der Waals surface area contributed by atoms with E-state index in [1.165, 1.54) is 30.5 Å². The highest BCUT2D eigenvalue weighted by atomic mass is 16.5. The molecular formula is C29H34N2O3. The quantitative estimate of drug-likeness (QED) is 0.732. The number of likely N-dealkylation sites (N-methyl/N-ethyl adjacent to an activating group) is 1. The molecule has 4 atom stereocenters. The minimum Gasteiger partial charge on any atom is -0.508 e. The van der Waals surface area contributed by atoms with Crippen LogP contribution in [-0.4, -0.2) is 64.7 Å². The zero-order valence-corrected chi connectivity index (χ0v) is 20.0. The van der Waals surface area contributed by atoms with Crippen molar-refractivity contribution in [1.82, 2.24) is 9.80 Å². The highest BCUT2D eigenvalue weighted by molar-refractivity contribution is 5.94. The van der Waals surface area contributed by atoms with E-state index in [-0.39, 0.29) is 22.5 Å². The number of hydrogen-bond donors (Lipinski definition) is 1. The van der Waals surface area contributed by atoms with E-state index in [9.17, 15) is 9.90 Å². The van der Waals surface area contributed by atoms with Crippen LogP contribution in [0.5, 0.6) is 5.75 Å². The van der Waals surface area contributed by atoms with E-state index in [0.717, 1.165) is 50.1 Å². The number of phenols is 1. The van der Waals surface area contributed by atoms with E-state index in [1.807, 2.05) is 54.4 Å². The number of fused-ring (bicyclic) bond motifs is 2. The van der Waals surface area contributed by atoms with Crippen LogP contribution in [0.4, 0.5) is 0 Å². The topological polar surface area (TPSA) is 53.0 Å². The molecule has 2 aromatic carbocycles. The Bertz CT molecular complexity index is 1150. The van der Waals surface area contributed by atoms with Crippen molar-refractivity contribution in [1.29, 1.82) is 0 Å². The van der Waals surface area contributed by atoms with Gasteiger partial charge in [0.1, 0.15) is 5.75 Å². The molecule has 5 nitrogen and oxygen atoms in total. The van der Waals surface area contributed by atoms with Crippen molar-refractivity contribution in [2.45, 2.75) is 67.6 Å². The minimum absolute atomic E-state index is 0.0586. The summed E-state index contributed by atoms with van der Waals surface area (Å²) in [5.74, 6) is 1.27. The Morgan fingerprint density at radius 2 is 1.97 bits per heavy atom. The first-order chi connectivity index (χ1) is 16.4. The van der Waals surface area contributed by atoms with Gasteiger partial charge in [0, 0.05) is 37.2 Å². The minimum atomic E-state index is -0.319. The van der Waals surface area contributed by atoms with Crippen molar-refractivity contribution in [2.75, 3.05) is 26.7 Å². The number of carbonyl (C=O) groups is 1. The second kappa shape index (κ2) is 7.08. The normalized spacial score (nSPS) is 35.6. The van der Waals surface area contributed by atoms with E-state index in [4.69, 9.17) is 4.74 Å². The lowest BCUT2D eigenvalue weighted by Gasteiger charge is -2.60. The second-order valence-corrected chi connectivity index (χ2v) is 11.7. The van der Waals surface area contributed by atoms with Gasteiger partial charge in [-0.2, -0.15) is 0 Å². The number of likely N-dealkylation sites (tertiary alicyclic amines) is 1. The molecule has 2 aromatic rings. The fraction of sp³-hybridized carbons (Fsp3) is 0.552. The predicted octanol–water partition coefficient (Wildman–Crippen LogP) is 4.13. The molecule has 1 N–H and O–H groups in total. The average molecular weight is 459 g/mol. The van der Waals surface area contributed by atoms with Gasteiger partial charge in [0.25, 0.3) is 5.91 Å². The summed E-state index contributed by atoms with van der Waals surface area (Å²) in [6, 6.07) is 16.0. The van der Waals surface area contributed by atoms with E-state index in [0.29, 0.717) is 18.3 Å². The molecule has 4 bridgehead atoms. The van der Waals surface area contributed by atoms with Crippen LogP contribution in [0.1, 0.15) is 60.0 Å². The Balaban J connectivity index is 1.26. The van der Waals surface area contributed by atoms with E-state index >= 15 is 0 Å². The van der Waals surface area contributed by atoms with Gasteiger partial charge in [-0.3, -0.25) is 9.69 Å². The summed E-state index contributed by atoms with van der Waals surface area (Å²) in [6.45, 7) is 2.92. The number of aromatic hydroxyl groups is 1. The van der Waals surface area contributed by atoms with Crippen molar-refractivity contribution in [3.63, 3.8) is 0 Å². The lowest BCUT2D eigenvalue weighted by atomic mass is 9.50. The number of rotatable bonds is 5. The molecule has 5 aliphatic rings. The highest BCUT2D eigenvalue weighted by Crippen LogP contribution is 2.69. The Morgan fingerprint density at radius 1 is 1.15 bits per heavy atom. The molecule has 3 aliphatic heterocycles. The fourth-order valence-electron chi connectivity index (χ4n) is 8.17. The number of piperidine rings is 1. The van der Waals surface area contributed by atoms with Gasteiger partial charge in [-0.15, -0.1) is 0 Å². The van der Waals surface area contributed by atoms with E-state index < -0.39 is 0 Å². The summed E-state index contributed by atoms with van der Waals surface area (Å²) in [7, 11) is 1.92. The molecule has 7 rings (SSSR count). The van der Waals surface area contributed by atoms with Crippen molar-refractivity contribution in [3.8, 4) is 5.75 Å².